The summed E-state index contributed by atoms with van der Waals surface area (Å²) >= 11 is 3.42. The molecule has 2 N–H and O–H groups in total. The summed E-state index contributed by atoms with van der Waals surface area (Å²) < 4.78 is 34.3. The van der Waals surface area contributed by atoms with Gasteiger partial charge in [0.15, 0.2) is 6.61 Å². The van der Waals surface area contributed by atoms with E-state index >= 15 is 0 Å². The highest BCUT2D eigenvalue weighted by Crippen LogP contribution is 2.24. The molecule has 0 aliphatic carbocycles. The molecule has 1 amide bonds. The summed E-state index contributed by atoms with van der Waals surface area (Å²) in [6.45, 7) is 3.46. The zero-order valence-electron chi connectivity index (χ0n) is 17.1. The van der Waals surface area contributed by atoms with E-state index in [1.807, 2.05) is 37.3 Å². The molecule has 0 unspecified atom stereocenters. The van der Waals surface area contributed by atoms with Crippen LogP contribution in [0.5, 0.6) is 5.75 Å². The van der Waals surface area contributed by atoms with Gasteiger partial charge in [-0.3, -0.25) is 9.52 Å². The summed E-state index contributed by atoms with van der Waals surface area (Å²) in [6.07, 6.45) is 0. The number of carbonyl (C=O) groups excluding carboxylic acids is 1. The molecule has 0 aromatic heterocycles. The quantitative estimate of drug-likeness (QED) is 0.462. The van der Waals surface area contributed by atoms with Crippen molar-refractivity contribution in [2.75, 3.05) is 11.3 Å². The van der Waals surface area contributed by atoms with Crippen molar-refractivity contribution in [3.63, 3.8) is 0 Å². The van der Waals surface area contributed by atoms with Crippen molar-refractivity contribution in [3.8, 4) is 5.75 Å². The molecule has 8 heteroatoms. The van der Waals surface area contributed by atoms with Crippen molar-refractivity contribution in [2.24, 2.45) is 0 Å². The Morgan fingerprint density at radius 3 is 2.45 bits per heavy atom. The number of ether oxygens (including phenoxy) is 1. The largest absolute Gasteiger partial charge is 0.484 e. The molecule has 162 valence electrons. The number of para-hydroxylation sites is 1. The maximum absolute atomic E-state index is 12.6. The third kappa shape index (κ3) is 6.32. The number of carbonyl (C=O) groups is 1. The highest BCUT2D eigenvalue weighted by Gasteiger charge is 2.16. The number of benzene rings is 3. The number of aryl methyl sites for hydroxylation is 1. The van der Waals surface area contributed by atoms with E-state index in [9.17, 15) is 13.2 Å². The predicted octanol–water partition coefficient (Wildman–Crippen LogP) is 4.81. The lowest BCUT2D eigenvalue weighted by atomic mass is 10.1. The Balaban J connectivity index is 1.60. The highest BCUT2D eigenvalue weighted by atomic mass is 79.9. The average molecular weight is 503 g/mol. The lowest BCUT2D eigenvalue weighted by Crippen LogP contribution is -2.31. The summed E-state index contributed by atoms with van der Waals surface area (Å²) in [4.78, 5) is 12.4. The van der Waals surface area contributed by atoms with Gasteiger partial charge in [0.25, 0.3) is 15.9 Å². The summed E-state index contributed by atoms with van der Waals surface area (Å²) in [7, 11) is -3.72. The van der Waals surface area contributed by atoms with Crippen LogP contribution in [0.25, 0.3) is 0 Å². The fourth-order valence-corrected chi connectivity index (χ4v) is 4.52. The van der Waals surface area contributed by atoms with Crippen LogP contribution in [-0.2, 0) is 14.8 Å². The number of amides is 1. The maximum atomic E-state index is 12.6. The molecule has 0 saturated heterocycles. The van der Waals surface area contributed by atoms with E-state index < -0.39 is 10.0 Å². The van der Waals surface area contributed by atoms with Crippen LogP contribution in [-0.4, -0.2) is 20.9 Å². The lowest BCUT2D eigenvalue weighted by molar-refractivity contribution is -0.123. The normalized spacial score (nSPS) is 12.1. The third-order valence-electron chi connectivity index (χ3n) is 4.57. The summed E-state index contributed by atoms with van der Waals surface area (Å²) in [5.74, 6) is 0.179. The van der Waals surface area contributed by atoms with Gasteiger partial charge in [-0.1, -0.05) is 46.3 Å². The van der Waals surface area contributed by atoms with Crippen LogP contribution in [0.3, 0.4) is 0 Å². The van der Waals surface area contributed by atoms with E-state index in [0.717, 1.165) is 10.0 Å². The van der Waals surface area contributed by atoms with E-state index in [2.05, 4.69) is 26.0 Å². The molecule has 31 heavy (non-hydrogen) atoms. The zero-order valence-corrected chi connectivity index (χ0v) is 19.5. The first kappa shape index (κ1) is 22.8. The number of rotatable bonds is 8. The molecular weight excluding hydrogens is 480 g/mol. The molecule has 0 bridgehead atoms. The molecule has 3 aromatic rings. The maximum Gasteiger partial charge on any atom is 0.261 e. The molecule has 0 aliphatic heterocycles. The fourth-order valence-electron chi connectivity index (χ4n) is 2.96. The molecule has 0 heterocycles. The monoisotopic (exact) mass is 502 g/mol. The second-order valence-corrected chi connectivity index (χ2v) is 9.63. The lowest BCUT2D eigenvalue weighted by Gasteiger charge is -2.16. The van der Waals surface area contributed by atoms with E-state index in [-0.39, 0.29) is 23.5 Å². The summed E-state index contributed by atoms with van der Waals surface area (Å²) in [5.41, 5.74) is 2.07. The molecule has 3 rings (SSSR count). The molecule has 0 radical (unpaired) electrons. The Morgan fingerprint density at radius 2 is 1.77 bits per heavy atom. The van der Waals surface area contributed by atoms with Gasteiger partial charge in [0, 0.05) is 10.2 Å². The van der Waals surface area contributed by atoms with E-state index in [1.54, 1.807) is 37.3 Å². The fraction of sp³-hybridized carbons (Fsp3) is 0.174. The van der Waals surface area contributed by atoms with Crippen LogP contribution in [0, 0.1) is 6.92 Å². The van der Waals surface area contributed by atoms with Gasteiger partial charge < -0.3 is 10.1 Å². The van der Waals surface area contributed by atoms with E-state index in [1.165, 1.54) is 12.1 Å². The van der Waals surface area contributed by atoms with Crippen molar-refractivity contribution in [1.82, 2.24) is 5.32 Å². The zero-order chi connectivity index (χ0) is 22.4. The van der Waals surface area contributed by atoms with Gasteiger partial charge in [0.1, 0.15) is 5.75 Å². The first-order valence-corrected chi connectivity index (χ1v) is 11.9. The van der Waals surface area contributed by atoms with Crippen LogP contribution in [0.15, 0.2) is 82.2 Å². The van der Waals surface area contributed by atoms with Crippen LogP contribution < -0.4 is 14.8 Å². The number of anilines is 1. The number of halogens is 1. The average Bonchev–Trinajstić information content (AvgIpc) is 2.73. The minimum Gasteiger partial charge on any atom is -0.484 e. The first-order chi connectivity index (χ1) is 14.7. The molecular formula is C23H23BrN2O4S. The molecule has 6 nitrogen and oxygen atoms in total. The Hall–Kier alpha value is -2.84. The highest BCUT2D eigenvalue weighted by molar-refractivity contribution is 9.10. The predicted molar refractivity (Wildman–Crippen MR) is 125 cm³/mol. The Labute approximate surface area is 190 Å². The van der Waals surface area contributed by atoms with Gasteiger partial charge in [-0.2, -0.15) is 0 Å². The Morgan fingerprint density at radius 1 is 1.03 bits per heavy atom. The van der Waals surface area contributed by atoms with Gasteiger partial charge in [-0.05, 0) is 67.4 Å². The van der Waals surface area contributed by atoms with Crippen LogP contribution >= 0.6 is 15.9 Å². The van der Waals surface area contributed by atoms with Gasteiger partial charge in [-0.15, -0.1) is 0 Å². The second-order valence-electron chi connectivity index (χ2n) is 7.03. The minimum atomic E-state index is -3.72. The Bertz CT molecular complexity index is 1170. The SMILES string of the molecule is Cc1cc(S(=O)(=O)Nc2ccccc2)ccc1OCC(=O)N[C@@H](C)c1cccc(Br)c1. The molecule has 0 spiro atoms. The van der Waals surface area contributed by atoms with E-state index in [0.29, 0.717) is 17.0 Å². The van der Waals surface area contributed by atoms with Gasteiger partial charge in [0.05, 0.1) is 10.9 Å². The number of hydrogen-bond donors (Lipinski definition) is 2. The smallest absolute Gasteiger partial charge is 0.261 e. The molecule has 0 fully saturated rings. The molecule has 1 atom stereocenters. The topological polar surface area (TPSA) is 84.5 Å². The number of hydrogen-bond acceptors (Lipinski definition) is 4. The summed E-state index contributed by atoms with van der Waals surface area (Å²) in [6, 6.07) is 20.7. The first-order valence-electron chi connectivity index (χ1n) is 9.61. The van der Waals surface area contributed by atoms with Crippen LogP contribution in [0.1, 0.15) is 24.1 Å². The van der Waals surface area contributed by atoms with Gasteiger partial charge >= 0.3 is 0 Å². The van der Waals surface area contributed by atoms with Gasteiger partial charge in [0.2, 0.25) is 0 Å². The van der Waals surface area contributed by atoms with Gasteiger partial charge in [-0.25, -0.2) is 8.42 Å². The molecule has 0 aliphatic rings. The Kier molecular flexibility index (Phi) is 7.35. The van der Waals surface area contributed by atoms with Crippen LogP contribution in [0.4, 0.5) is 5.69 Å². The number of nitrogens with one attached hydrogen (secondary N) is 2. The number of sulfonamides is 1. The van der Waals surface area contributed by atoms with Crippen molar-refractivity contribution in [2.45, 2.75) is 24.8 Å². The minimum absolute atomic E-state index is 0.119. The molecule has 3 aromatic carbocycles. The van der Waals surface area contributed by atoms with E-state index in [4.69, 9.17) is 4.74 Å². The van der Waals surface area contributed by atoms with Crippen molar-refractivity contribution in [3.05, 3.63) is 88.4 Å². The van der Waals surface area contributed by atoms with Crippen molar-refractivity contribution in [1.29, 1.82) is 0 Å². The van der Waals surface area contributed by atoms with Crippen LogP contribution in [0.2, 0.25) is 0 Å². The van der Waals surface area contributed by atoms with Crippen molar-refractivity contribution < 1.29 is 17.9 Å². The third-order valence-corrected chi connectivity index (χ3v) is 6.44. The summed E-state index contributed by atoms with van der Waals surface area (Å²) in [5, 5.41) is 2.89. The standard InChI is InChI=1S/C23H23BrN2O4S/c1-16-13-21(31(28,29)26-20-9-4-3-5-10-20)11-12-22(16)30-15-23(27)25-17(2)18-7-6-8-19(24)14-18/h3-14,17,26H,15H2,1-2H3,(H,25,27)/t17-/m0/s1. The second kappa shape index (κ2) is 9.98. The van der Waals surface area contributed by atoms with Crippen molar-refractivity contribution >= 4 is 37.5 Å². The molecule has 0 saturated carbocycles.